The Hall–Kier alpha value is -2.67. The second-order valence-electron chi connectivity index (χ2n) is 5.99. The molecule has 0 bridgehead atoms. The number of benzene rings is 1. The van der Waals surface area contributed by atoms with Gasteiger partial charge in [-0.3, -0.25) is 9.59 Å². The number of ether oxygens (including phenoxy) is 1. The van der Waals surface area contributed by atoms with Gasteiger partial charge >= 0.3 is 5.97 Å². The van der Waals surface area contributed by atoms with Crippen LogP contribution < -0.4 is 10.2 Å². The van der Waals surface area contributed by atoms with Gasteiger partial charge in [-0.2, -0.15) is 0 Å². The van der Waals surface area contributed by atoms with Crippen molar-refractivity contribution in [3.8, 4) is 0 Å². The Morgan fingerprint density at radius 3 is 2.62 bits per heavy atom. The fourth-order valence-electron chi connectivity index (χ4n) is 2.84. The number of rotatable bonds is 5. The lowest BCUT2D eigenvalue weighted by Crippen LogP contribution is -2.23. The number of hydrogen-bond donors (Lipinski definition) is 1. The number of carbonyl (C=O) groups excluding carboxylic acids is 3. The minimum absolute atomic E-state index is 0.114. The highest BCUT2D eigenvalue weighted by Crippen LogP contribution is 2.28. The maximum atomic E-state index is 12.4. The summed E-state index contributed by atoms with van der Waals surface area (Å²) in [4.78, 5) is 38.3. The van der Waals surface area contributed by atoms with Gasteiger partial charge in [0.25, 0.3) is 5.91 Å². The summed E-state index contributed by atoms with van der Waals surface area (Å²) < 4.78 is 5.01. The molecule has 7 heteroatoms. The van der Waals surface area contributed by atoms with E-state index in [9.17, 15) is 14.4 Å². The van der Waals surface area contributed by atoms with E-state index in [2.05, 4.69) is 5.32 Å². The van der Waals surface area contributed by atoms with Crippen molar-refractivity contribution in [2.75, 3.05) is 23.4 Å². The molecule has 1 aliphatic heterocycles. The summed E-state index contributed by atoms with van der Waals surface area (Å²) in [6, 6.07) is 8.71. The Labute approximate surface area is 155 Å². The number of thiophene rings is 1. The molecule has 1 aromatic heterocycles. The Bertz CT molecular complexity index is 842. The lowest BCUT2D eigenvalue weighted by molar-refractivity contribution is -0.117. The SMILES string of the molecule is CCOC(=O)c1sc(NC(=O)c2ccc(N3CCCC3=O)cc2)cc1C. The van der Waals surface area contributed by atoms with Crippen molar-refractivity contribution < 1.29 is 19.1 Å². The minimum Gasteiger partial charge on any atom is -0.462 e. The summed E-state index contributed by atoms with van der Waals surface area (Å²) in [5.41, 5.74) is 2.07. The number of hydrogen-bond acceptors (Lipinski definition) is 5. The molecule has 26 heavy (non-hydrogen) atoms. The molecule has 136 valence electrons. The van der Waals surface area contributed by atoms with E-state index in [4.69, 9.17) is 4.74 Å². The van der Waals surface area contributed by atoms with Crippen LogP contribution in [0.2, 0.25) is 0 Å². The van der Waals surface area contributed by atoms with Crippen LogP contribution in [0.25, 0.3) is 0 Å². The van der Waals surface area contributed by atoms with Crippen molar-refractivity contribution in [2.45, 2.75) is 26.7 Å². The predicted molar refractivity (Wildman–Crippen MR) is 101 cm³/mol. The van der Waals surface area contributed by atoms with Crippen LogP contribution in [0, 0.1) is 6.92 Å². The van der Waals surface area contributed by atoms with Gasteiger partial charge in [0, 0.05) is 24.2 Å². The van der Waals surface area contributed by atoms with E-state index in [1.807, 2.05) is 0 Å². The van der Waals surface area contributed by atoms with Crippen LogP contribution >= 0.6 is 11.3 Å². The summed E-state index contributed by atoms with van der Waals surface area (Å²) in [6.45, 7) is 4.59. The molecule has 1 saturated heterocycles. The van der Waals surface area contributed by atoms with Crippen molar-refractivity contribution in [3.05, 3.63) is 46.3 Å². The Morgan fingerprint density at radius 2 is 2.00 bits per heavy atom. The Morgan fingerprint density at radius 1 is 1.27 bits per heavy atom. The number of amides is 2. The van der Waals surface area contributed by atoms with Gasteiger partial charge in [0.2, 0.25) is 5.91 Å². The van der Waals surface area contributed by atoms with Crippen LogP contribution in [-0.4, -0.2) is 30.9 Å². The van der Waals surface area contributed by atoms with E-state index >= 15 is 0 Å². The molecule has 0 unspecified atom stereocenters. The Kier molecular flexibility index (Phi) is 5.37. The molecule has 0 atom stereocenters. The summed E-state index contributed by atoms with van der Waals surface area (Å²) in [5, 5.41) is 3.40. The molecule has 1 fully saturated rings. The third-order valence-corrected chi connectivity index (χ3v) is 5.26. The van der Waals surface area contributed by atoms with Crippen molar-refractivity contribution in [1.82, 2.24) is 0 Å². The maximum Gasteiger partial charge on any atom is 0.348 e. The molecule has 2 aromatic rings. The smallest absolute Gasteiger partial charge is 0.348 e. The van der Waals surface area contributed by atoms with Crippen LogP contribution in [0.1, 0.15) is 45.4 Å². The van der Waals surface area contributed by atoms with Gasteiger partial charge in [-0.05, 0) is 56.2 Å². The standard InChI is InChI=1S/C19H20N2O4S/c1-3-25-19(24)17-12(2)11-15(26-17)20-18(23)13-6-8-14(9-7-13)21-10-4-5-16(21)22/h6-9,11H,3-5,10H2,1-2H3,(H,20,23). The largest absolute Gasteiger partial charge is 0.462 e. The van der Waals surface area contributed by atoms with E-state index in [0.29, 0.717) is 28.5 Å². The van der Waals surface area contributed by atoms with E-state index < -0.39 is 0 Å². The van der Waals surface area contributed by atoms with Crippen molar-refractivity contribution >= 4 is 39.8 Å². The molecule has 0 radical (unpaired) electrons. The summed E-state index contributed by atoms with van der Waals surface area (Å²) >= 11 is 1.20. The molecule has 0 aliphatic carbocycles. The zero-order valence-corrected chi connectivity index (χ0v) is 15.5. The van der Waals surface area contributed by atoms with Gasteiger partial charge in [-0.25, -0.2) is 4.79 Å². The first-order chi connectivity index (χ1) is 12.5. The molecule has 2 heterocycles. The first-order valence-electron chi connectivity index (χ1n) is 8.49. The molecule has 1 aliphatic rings. The van der Waals surface area contributed by atoms with Gasteiger partial charge in [0.1, 0.15) is 4.88 Å². The zero-order valence-electron chi connectivity index (χ0n) is 14.7. The first-order valence-corrected chi connectivity index (χ1v) is 9.30. The van der Waals surface area contributed by atoms with Crippen molar-refractivity contribution in [2.24, 2.45) is 0 Å². The Balaban J connectivity index is 1.69. The zero-order chi connectivity index (χ0) is 18.7. The van der Waals surface area contributed by atoms with Crippen LogP contribution in [0.4, 0.5) is 10.7 Å². The second-order valence-corrected chi connectivity index (χ2v) is 7.05. The van der Waals surface area contributed by atoms with Crippen LogP contribution in [-0.2, 0) is 9.53 Å². The van der Waals surface area contributed by atoms with Crippen molar-refractivity contribution in [1.29, 1.82) is 0 Å². The topological polar surface area (TPSA) is 75.7 Å². The normalized spacial score (nSPS) is 13.8. The highest BCUT2D eigenvalue weighted by molar-refractivity contribution is 7.18. The minimum atomic E-state index is -0.380. The number of nitrogens with one attached hydrogen (secondary N) is 1. The van der Waals surface area contributed by atoms with Gasteiger partial charge in [0.15, 0.2) is 0 Å². The molecule has 3 rings (SSSR count). The van der Waals surface area contributed by atoms with E-state index in [1.54, 1.807) is 49.1 Å². The molecule has 6 nitrogen and oxygen atoms in total. The second kappa shape index (κ2) is 7.70. The average Bonchev–Trinajstić information content (AvgIpc) is 3.21. The third kappa shape index (κ3) is 3.77. The van der Waals surface area contributed by atoms with Gasteiger partial charge in [0.05, 0.1) is 11.6 Å². The van der Waals surface area contributed by atoms with Crippen LogP contribution in [0.3, 0.4) is 0 Å². The van der Waals surface area contributed by atoms with Gasteiger partial charge < -0.3 is 15.0 Å². The van der Waals surface area contributed by atoms with Gasteiger partial charge in [-0.1, -0.05) is 0 Å². The summed E-state index contributed by atoms with van der Waals surface area (Å²) in [5.74, 6) is -0.529. The monoisotopic (exact) mass is 372 g/mol. The number of nitrogens with zero attached hydrogens (tertiary/aromatic N) is 1. The number of carbonyl (C=O) groups is 3. The van der Waals surface area contributed by atoms with Gasteiger partial charge in [-0.15, -0.1) is 11.3 Å². The number of aryl methyl sites for hydroxylation is 1. The average molecular weight is 372 g/mol. The predicted octanol–water partition coefficient (Wildman–Crippen LogP) is 3.61. The van der Waals surface area contributed by atoms with Crippen LogP contribution in [0.5, 0.6) is 0 Å². The third-order valence-electron chi connectivity index (χ3n) is 4.13. The van der Waals surface area contributed by atoms with E-state index in [0.717, 1.165) is 24.2 Å². The first kappa shape index (κ1) is 18.1. The van der Waals surface area contributed by atoms with Crippen molar-refractivity contribution in [3.63, 3.8) is 0 Å². The van der Waals surface area contributed by atoms with E-state index in [-0.39, 0.29) is 17.8 Å². The quantitative estimate of drug-likeness (QED) is 0.814. The van der Waals surface area contributed by atoms with Crippen LogP contribution in [0.15, 0.2) is 30.3 Å². The lowest BCUT2D eigenvalue weighted by Gasteiger charge is -2.15. The summed E-state index contributed by atoms with van der Waals surface area (Å²) in [7, 11) is 0. The lowest BCUT2D eigenvalue weighted by atomic mass is 10.2. The fraction of sp³-hybridized carbons (Fsp3) is 0.316. The molecule has 1 aromatic carbocycles. The molecular formula is C19H20N2O4S. The molecule has 0 saturated carbocycles. The summed E-state index contributed by atoms with van der Waals surface area (Å²) in [6.07, 6.45) is 1.43. The highest BCUT2D eigenvalue weighted by atomic mass is 32.1. The molecule has 1 N–H and O–H groups in total. The number of esters is 1. The number of anilines is 2. The molecule has 0 spiro atoms. The highest BCUT2D eigenvalue weighted by Gasteiger charge is 2.22. The molecule has 2 amide bonds. The molecular weight excluding hydrogens is 352 g/mol. The maximum absolute atomic E-state index is 12.4. The fourth-order valence-corrected chi connectivity index (χ4v) is 3.80. The van der Waals surface area contributed by atoms with E-state index in [1.165, 1.54) is 11.3 Å².